The Morgan fingerprint density at radius 3 is 2.58 bits per heavy atom. The molecule has 134 valence electrons. The number of carbonyl (C=O) groups excluding carboxylic acids is 1. The van der Waals surface area contributed by atoms with Gasteiger partial charge in [-0.25, -0.2) is 4.79 Å². The molecule has 0 spiro atoms. The van der Waals surface area contributed by atoms with E-state index in [4.69, 9.17) is 4.74 Å². The van der Waals surface area contributed by atoms with Gasteiger partial charge in [0.25, 0.3) is 0 Å². The predicted octanol–water partition coefficient (Wildman–Crippen LogP) is 2.54. The van der Waals surface area contributed by atoms with Gasteiger partial charge in [-0.3, -0.25) is 4.90 Å². The number of rotatable bonds is 7. The second-order valence-electron chi connectivity index (χ2n) is 6.92. The van der Waals surface area contributed by atoms with Crippen molar-refractivity contribution in [1.29, 1.82) is 0 Å². The van der Waals surface area contributed by atoms with E-state index in [0.29, 0.717) is 25.0 Å². The van der Waals surface area contributed by atoms with Crippen LogP contribution in [0.5, 0.6) is 0 Å². The highest BCUT2D eigenvalue weighted by atomic mass is 16.5. The Morgan fingerprint density at radius 2 is 1.92 bits per heavy atom. The molecule has 0 saturated carbocycles. The second kappa shape index (κ2) is 9.64. The number of urea groups is 1. The molecule has 1 aromatic rings. The van der Waals surface area contributed by atoms with E-state index in [-0.39, 0.29) is 6.03 Å². The number of hydrogen-bond donors (Lipinski definition) is 2. The highest BCUT2D eigenvalue weighted by Gasteiger charge is 2.22. The molecule has 2 N–H and O–H groups in total. The van der Waals surface area contributed by atoms with E-state index in [1.165, 1.54) is 5.56 Å². The molecule has 0 aliphatic carbocycles. The van der Waals surface area contributed by atoms with E-state index < -0.39 is 0 Å². The van der Waals surface area contributed by atoms with Crippen LogP contribution in [0.3, 0.4) is 0 Å². The molecule has 1 fully saturated rings. The van der Waals surface area contributed by atoms with Crippen LogP contribution in [0.1, 0.15) is 31.4 Å². The van der Waals surface area contributed by atoms with E-state index in [1.54, 1.807) is 0 Å². The Balaban J connectivity index is 1.79. The summed E-state index contributed by atoms with van der Waals surface area (Å²) in [6, 6.07) is 8.40. The largest absolute Gasteiger partial charge is 0.379 e. The minimum Gasteiger partial charge on any atom is -0.379 e. The van der Waals surface area contributed by atoms with Gasteiger partial charge in [0.2, 0.25) is 0 Å². The number of carbonyl (C=O) groups is 1. The number of amides is 2. The molecular formula is C19H31N3O2. The average molecular weight is 333 g/mol. The normalized spacial score (nSPS) is 16.8. The van der Waals surface area contributed by atoms with Crippen molar-refractivity contribution in [3.63, 3.8) is 0 Å². The van der Waals surface area contributed by atoms with E-state index in [0.717, 1.165) is 38.3 Å². The summed E-state index contributed by atoms with van der Waals surface area (Å²) in [5.74, 6) is 0.606. The van der Waals surface area contributed by atoms with Crippen LogP contribution in [0.2, 0.25) is 0 Å². The molecule has 24 heavy (non-hydrogen) atoms. The molecule has 1 aliphatic heterocycles. The molecule has 0 aromatic heterocycles. The molecule has 5 heteroatoms. The van der Waals surface area contributed by atoms with Crippen molar-refractivity contribution in [3.8, 4) is 0 Å². The average Bonchev–Trinajstić information content (AvgIpc) is 2.58. The standard InChI is InChI=1S/C19H31N3O2/c1-15(2)12-18(22-8-10-24-11-9-22)14-21-19(23)20-13-17-7-5-4-6-16(17)3/h4-7,15,18H,8-14H2,1-3H3,(H2,20,21,23). The molecule has 1 saturated heterocycles. The summed E-state index contributed by atoms with van der Waals surface area (Å²) in [4.78, 5) is 14.6. The fourth-order valence-electron chi connectivity index (χ4n) is 3.11. The van der Waals surface area contributed by atoms with Gasteiger partial charge in [-0.05, 0) is 30.4 Å². The summed E-state index contributed by atoms with van der Waals surface area (Å²) in [6.07, 6.45) is 1.08. The van der Waals surface area contributed by atoms with Gasteiger partial charge in [0.05, 0.1) is 13.2 Å². The third-order valence-electron chi connectivity index (χ3n) is 4.50. The first-order valence-corrected chi connectivity index (χ1v) is 8.94. The maximum atomic E-state index is 12.1. The quantitative estimate of drug-likeness (QED) is 0.806. The summed E-state index contributed by atoms with van der Waals surface area (Å²) in [7, 11) is 0. The SMILES string of the molecule is Cc1ccccc1CNC(=O)NCC(CC(C)C)N1CCOCC1. The summed E-state index contributed by atoms with van der Waals surface area (Å²) in [5.41, 5.74) is 2.35. The van der Waals surface area contributed by atoms with Gasteiger partial charge in [0, 0.05) is 32.2 Å². The topological polar surface area (TPSA) is 53.6 Å². The van der Waals surface area contributed by atoms with Crippen LogP contribution >= 0.6 is 0 Å². The molecule has 0 bridgehead atoms. The Morgan fingerprint density at radius 1 is 1.21 bits per heavy atom. The molecule has 1 atom stereocenters. The van der Waals surface area contributed by atoms with Crippen LogP contribution in [0, 0.1) is 12.8 Å². The molecule has 1 aromatic carbocycles. The third-order valence-corrected chi connectivity index (χ3v) is 4.50. The second-order valence-corrected chi connectivity index (χ2v) is 6.92. The van der Waals surface area contributed by atoms with Crippen molar-refractivity contribution >= 4 is 6.03 Å². The van der Waals surface area contributed by atoms with Gasteiger partial charge in [-0.1, -0.05) is 38.1 Å². The van der Waals surface area contributed by atoms with Crippen molar-refractivity contribution < 1.29 is 9.53 Å². The first-order valence-electron chi connectivity index (χ1n) is 8.94. The van der Waals surface area contributed by atoms with Crippen LogP contribution in [-0.2, 0) is 11.3 Å². The lowest BCUT2D eigenvalue weighted by Crippen LogP contribution is -2.50. The van der Waals surface area contributed by atoms with Crippen LogP contribution in [0.25, 0.3) is 0 Å². The van der Waals surface area contributed by atoms with Gasteiger partial charge >= 0.3 is 6.03 Å². The van der Waals surface area contributed by atoms with Crippen molar-refractivity contribution in [2.75, 3.05) is 32.8 Å². The van der Waals surface area contributed by atoms with Crippen LogP contribution in [-0.4, -0.2) is 49.8 Å². The number of ether oxygens (including phenoxy) is 1. The number of nitrogens with zero attached hydrogens (tertiary/aromatic N) is 1. The lowest BCUT2D eigenvalue weighted by atomic mass is 10.0. The molecule has 2 amide bonds. The lowest BCUT2D eigenvalue weighted by molar-refractivity contribution is 0.0129. The van der Waals surface area contributed by atoms with Gasteiger partial charge in [0.1, 0.15) is 0 Å². The van der Waals surface area contributed by atoms with Gasteiger partial charge in [-0.15, -0.1) is 0 Å². The zero-order valence-electron chi connectivity index (χ0n) is 15.2. The summed E-state index contributed by atoms with van der Waals surface area (Å²) in [5, 5.41) is 6.00. The molecule has 2 rings (SSSR count). The Bertz CT molecular complexity index is 513. The third kappa shape index (κ3) is 6.13. The van der Waals surface area contributed by atoms with E-state index in [2.05, 4.69) is 42.4 Å². The number of morpholine rings is 1. The van der Waals surface area contributed by atoms with Crippen molar-refractivity contribution in [2.45, 2.75) is 39.8 Å². The molecular weight excluding hydrogens is 302 g/mol. The van der Waals surface area contributed by atoms with Crippen LogP contribution in [0.4, 0.5) is 4.79 Å². The molecule has 1 unspecified atom stereocenters. The predicted molar refractivity (Wildman–Crippen MR) is 97.1 cm³/mol. The Labute approximate surface area is 145 Å². The molecule has 0 radical (unpaired) electrons. The minimum absolute atomic E-state index is 0.0970. The summed E-state index contributed by atoms with van der Waals surface area (Å²) in [6.45, 7) is 11.2. The fourth-order valence-corrected chi connectivity index (χ4v) is 3.11. The highest BCUT2D eigenvalue weighted by Crippen LogP contribution is 2.13. The van der Waals surface area contributed by atoms with Gasteiger partial charge in [0.15, 0.2) is 0 Å². The van der Waals surface area contributed by atoms with E-state index in [1.807, 2.05) is 18.2 Å². The van der Waals surface area contributed by atoms with Gasteiger partial charge < -0.3 is 15.4 Å². The number of aryl methyl sites for hydroxylation is 1. The molecule has 1 heterocycles. The minimum atomic E-state index is -0.0970. The monoisotopic (exact) mass is 333 g/mol. The summed E-state index contributed by atoms with van der Waals surface area (Å²) >= 11 is 0. The molecule has 1 aliphatic rings. The van der Waals surface area contributed by atoms with Crippen LogP contribution < -0.4 is 10.6 Å². The van der Waals surface area contributed by atoms with Crippen LogP contribution in [0.15, 0.2) is 24.3 Å². The Kier molecular flexibility index (Phi) is 7.53. The maximum absolute atomic E-state index is 12.1. The number of benzene rings is 1. The zero-order chi connectivity index (χ0) is 17.4. The summed E-state index contributed by atoms with van der Waals surface area (Å²) < 4.78 is 5.44. The number of hydrogen-bond acceptors (Lipinski definition) is 3. The first kappa shape index (κ1) is 18.7. The Hall–Kier alpha value is -1.59. The smallest absolute Gasteiger partial charge is 0.315 e. The van der Waals surface area contributed by atoms with Crippen molar-refractivity contribution in [1.82, 2.24) is 15.5 Å². The van der Waals surface area contributed by atoms with E-state index >= 15 is 0 Å². The fraction of sp³-hybridized carbons (Fsp3) is 0.632. The lowest BCUT2D eigenvalue weighted by Gasteiger charge is -2.35. The highest BCUT2D eigenvalue weighted by molar-refractivity contribution is 5.73. The van der Waals surface area contributed by atoms with E-state index in [9.17, 15) is 4.79 Å². The maximum Gasteiger partial charge on any atom is 0.315 e. The van der Waals surface area contributed by atoms with Gasteiger partial charge in [-0.2, -0.15) is 0 Å². The van der Waals surface area contributed by atoms with Crippen molar-refractivity contribution in [3.05, 3.63) is 35.4 Å². The molecule has 5 nitrogen and oxygen atoms in total. The van der Waals surface area contributed by atoms with Crippen molar-refractivity contribution in [2.24, 2.45) is 5.92 Å². The zero-order valence-corrected chi connectivity index (χ0v) is 15.2. The number of nitrogens with one attached hydrogen (secondary N) is 2. The first-order chi connectivity index (χ1) is 11.6.